The van der Waals surface area contributed by atoms with E-state index in [-0.39, 0.29) is 17.2 Å². The van der Waals surface area contributed by atoms with E-state index in [4.69, 9.17) is 21.1 Å². The van der Waals surface area contributed by atoms with E-state index >= 15 is 0 Å². The molecule has 1 aromatic carbocycles. The molecule has 3 nitrogen and oxygen atoms in total. The second-order valence-electron chi connectivity index (χ2n) is 5.65. The normalized spacial score (nSPS) is 25.3. The Bertz CT molecular complexity index is 513. The highest BCUT2D eigenvalue weighted by Crippen LogP contribution is 2.31. The number of hydrogen-bond donors (Lipinski definition) is 1. The molecule has 6 heteroatoms. The summed E-state index contributed by atoms with van der Waals surface area (Å²) in [6, 6.07) is 3.51. The summed E-state index contributed by atoms with van der Waals surface area (Å²) >= 11 is 9.03. The van der Waals surface area contributed by atoms with Gasteiger partial charge in [0, 0.05) is 18.7 Å². The van der Waals surface area contributed by atoms with Gasteiger partial charge in [-0.05, 0) is 47.7 Å². The summed E-state index contributed by atoms with van der Waals surface area (Å²) in [4.78, 5) is 0. The second kappa shape index (κ2) is 6.82. The molecular formula is C15H18BrClFNO2. The molecule has 0 radical (unpaired) electrons. The Labute approximate surface area is 137 Å². The van der Waals surface area contributed by atoms with E-state index in [1.165, 1.54) is 25.0 Å². The Hall–Kier alpha value is -0.360. The van der Waals surface area contributed by atoms with Crippen LogP contribution in [0, 0.1) is 5.82 Å². The van der Waals surface area contributed by atoms with Crippen molar-refractivity contribution in [3.8, 4) is 5.75 Å². The first-order valence-electron chi connectivity index (χ1n) is 7.28. The van der Waals surface area contributed by atoms with E-state index < -0.39 is 5.82 Å². The van der Waals surface area contributed by atoms with Gasteiger partial charge in [-0.3, -0.25) is 0 Å². The van der Waals surface area contributed by atoms with Gasteiger partial charge in [-0.15, -0.1) is 0 Å². The SMILES string of the molecule is Fc1cc(OCC2CCC(CNC3CC3)O2)c(Br)cc1Cl. The van der Waals surface area contributed by atoms with Crippen molar-refractivity contribution in [2.75, 3.05) is 13.2 Å². The number of halogens is 3. The minimum absolute atomic E-state index is 0.0710. The summed E-state index contributed by atoms with van der Waals surface area (Å²) in [6.45, 7) is 1.35. The summed E-state index contributed by atoms with van der Waals surface area (Å²) in [6.07, 6.45) is 4.94. The maximum atomic E-state index is 13.4. The highest BCUT2D eigenvalue weighted by atomic mass is 79.9. The molecule has 2 unspecified atom stereocenters. The topological polar surface area (TPSA) is 30.5 Å². The first kappa shape index (κ1) is 15.5. The zero-order valence-corrected chi connectivity index (χ0v) is 13.9. The Kier molecular flexibility index (Phi) is 5.04. The first-order valence-corrected chi connectivity index (χ1v) is 8.45. The van der Waals surface area contributed by atoms with Crippen LogP contribution in [0.15, 0.2) is 16.6 Å². The largest absolute Gasteiger partial charge is 0.490 e. The number of nitrogens with one attached hydrogen (secondary N) is 1. The van der Waals surface area contributed by atoms with E-state index in [0.29, 0.717) is 22.9 Å². The van der Waals surface area contributed by atoms with Crippen molar-refractivity contribution < 1.29 is 13.9 Å². The summed E-state index contributed by atoms with van der Waals surface area (Å²) < 4.78 is 25.7. The van der Waals surface area contributed by atoms with E-state index in [0.717, 1.165) is 19.4 Å². The molecule has 1 aromatic rings. The monoisotopic (exact) mass is 377 g/mol. The molecule has 1 aliphatic carbocycles. The molecule has 1 heterocycles. The average molecular weight is 379 g/mol. The molecule has 2 aliphatic rings. The van der Waals surface area contributed by atoms with Crippen LogP contribution in [-0.2, 0) is 4.74 Å². The third-order valence-corrected chi connectivity index (χ3v) is 4.72. The van der Waals surface area contributed by atoms with Crippen LogP contribution < -0.4 is 10.1 Å². The van der Waals surface area contributed by atoms with Crippen LogP contribution in [0.2, 0.25) is 5.02 Å². The third-order valence-electron chi connectivity index (χ3n) is 3.81. The van der Waals surface area contributed by atoms with Crippen LogP contribution in [0.3, 0.4) is 0 Å². The van der Waals surface area contributed by atoms with Gasteiger partial charge in [0.15, 0.2) is 0 Å². The Morgan fingerprint density at radius 2 is 2.05 bits per heavy atom. The van der Waals surface area contributed by atoms with Gasteiger partial charge in [-0.2, -0.15) is 0 Å². The fourth-order valence-corrected chi connectivity index (χ4v) is 3.19. The fourth-order valence-electron chi connectivity index (χ4n) is 2.44. The summed E-state index contributed by atoms with van der Waals surface area (Å²) in [5.74, 6) is -0.0197. The lowest BCUT2D eigenvalue weighted by atomic mass is 10.2. The van der Waals surface area contributed by atoms with Gasteiger partial charge in [-0.1, -0.05) is 11.6 Å². The number of benzene rings is 1. The smallest absolute Gasteiger partial charge is 0.145 e. The molecule has 3 rings (SSSR count). The van der Waals surface area contributed by atoms with Crippen LogP contribution in [0.4, 0.5) is 4.39 Å². The molecule has 1 saturated carbocycles. The molecule has 116 valence electrons. The lowest BCUT2D eigenvalue weighted by Crippen LogP contribution is -2.29. The van der Waals surface area contributed by atoms with Gasteiger partial charge >= 0.3 is 0 Å². The quantitative estimate of drug-likeness (QED) is 0.761. The molecule has 2 atom stereocenters. The highest BCUT2D eigenvalue weighted by Gasteiger charge is 2.28. The average Bonchev–Trinajstić information content (AvgIpc) is 3.18. The third kappa shape index (κ3) is 4.31. The molecule has 1 N–H and O–H groups in total. The molecule has 2 fully saturated rings. The van der Waals surface area contributed by atoms with Crippen molar-refractivity contribution in [1.82, 2.24) is 5.32 Å². The van der Waals surface area contributed by atoms with Crippen molar-refractivity contribution in [2.24, 2.45) is 0 Å². The van der Waals surface area contributed by atoms with Gasteiger partial charge in [0.2, 0.25) is 0 Å². The maximum absolute atomic E-state index is 13.4. The minimum atomic E-state index is -0.478. The summed E-state index contributed by atoms with van der Waals surface area (Å²) in [7, 11) is 0. The van der Waals surface area contributed by atoms with Crippen LogP contribution in [0.1, 0.15) is 25.7 Å². The lowest BCUT2D eigenvalue weighted by Gasteiger charge is -2.16. The van der Waals surface area contributed by atoms with E-state index in [2.05, 4.69) is 21.2 Å². The van der Waals surface area contributed by atoms with E-state index in [1.54, 1.807) is 0 Å². The Morgan fingerprint density at radius 1 is 1.29 bits per heavy atom. The van der Waals surface area contributed by atoms with Gasteiger partial charge in [0.1, 0.15) is 18.2 Å². The van der Waals surface area contributed by atoms with Gasteiger partial charge in [0.05, 0.1) is 21.7 Å². The van der Waals surface area contributed by atoms with Gasteiger partial charge in [-0.25, -0.2) is 4.39 Å². The molecule has 1 saturated heterocycles. The Balaban J connectivity index is 1.46. The Morgan fingerprint density at radius 3 is 2.81 bits per heavy atom. The second-order valence-corrected chi connectivity index (χ2v) is 6.91. The zero-order chi connectivity index (χ0) is 14.8. The van der Waals surface area contributed by atoms with Gasteiger partial charge in [0.25, 0.3) is 0 Å². The van der Waals surface area contributed by atoms with Crippen molar-refractivity contribution in [3.05, 3.63) is 27.4 Å². The van der Waals surface area contributed by atoms with Crippen molar-refractivity contribution >= 4 is 27.5 Å². The number of hydrogen-bond acceptors (Lipinski definition) is 3. The van der Waals surface area contributed by atoms with Crippen molar-refractivity contribution in [3.63, 3.8) is 0 Å². The van der Waals surface area contributed by atoms with Gasteiger partial charge < -0.3 is 14.8 Å². The standard InChI is InChI=1S/C15H18BrClFNO2/c16-12-5-13(17)14(18)6-15(12)20-8-11-4-3-10(21-11)7-19-9-1-2-9/h5-6,9-11,19H,1-4,7-8H2. The summed E-state index contributed by atoms with van der Waals surface area (Å²) in [5, 5.41) is 3.56. The predicted octanol–water partition coefficient (Wildman–Crippen LogP) is 3.92. The summed E-state index contributed by atoms with van der Waals surface area (Å²) in [5.41, 5.74) is 0. The molecular weight excluding hydrogens is 361 g/mol. The molecule has 1 aliphatic heterocycles. The number of rotatable bonds is 6. The first-order chi connectivity index (χ1) is 10.1. The number of ether oxygens (including phenoxy) is 2. The predicted molar refractivity (Wildman–Crippen MR) is 83.5 cm³/mol. The molecule has 0 aromatic heterocycles. The van der Waals surface area contributed by atoms with E-state index in [9.17, 15) is 4.39 Å². The molecule has 0 spiro atoms. The molecule has 0 amide bonds. The van der Waals surface area contributed by atoms with Crippen molar-refractivity contribution in [1.29, 1.82) is 0 Å². The highest BCUT2D eigenvalue weighted by molar-refractivity contribution is 9.10. The molecule has 21 heavy (non-hydrogen) atoms. The van der Waals surface area contributed by atoms with Crippen LogP contribution >= 0.6 is 27.5 Å². The van der Waals surface area contributed by atoms with E-state index in [1.807, 2.05) is 0 Å². The fraction of sp³-hybridized carbons (Fsp3) is 0.600. The zero-order valence-electron chi connectivity index (χ0n) is 11.6. The van der Waals surface area contributed by atoms with Crippen LogP contribution in [0.5, 0.6) is 5.75 Å². The van der Waals surface area contributed by atoms with Crippen molar-refractivity contribution in [2.45, 2.75) is 43.9 Å². The lowest BCUT2D eigenvalue weighted by molar-refractivity contribution is 0.0182. The maximum Gasteiger partial charge on any atom is 0.145 e. The minimum Gasteiger partial charge on any atom is -0.490 e. The molecule has 0 bridgehead atoms. The van der Waals surface area contributed by atoms with Crippen LogP contribution in [0.25, 0.3) is 0 Å². The van der Waals surface area contributed by atoms with Crippen LogP contribution in [-0.4, -0.2) is 31.4 Å².